The first-order valence-corrected chi connectivity index (χ1v) is 7.60. The average molecular weight is 300 g/mol. The number of aromatic nitrogens is 5. The van der Waals surface area contributed by atoms with Crippen molar-refractivity contribution in [1.82, 2.24) is 24.4 Å². The zero-order valence-electron chi connectivity index (χ0n) is 11.9. The van der Waals surface area contributed by atoms with Crippen LogP contribution in [0.5, 0.6) is 0 Å². The molecule has 21 heavy (non-hydrogen) atoms. The first kappa shape index (κ1) is 13.7. The van der Waals surface area contributed by atoms with Gasteiger partial charge in [0.05, 0.1) is 17.9 Å². The van der Waals surface area contributed by atoms with Crippen molar-refractivity contribution in [3.8, 4) is 5.69 Å². The molecule has 3 rings (SSSR count). The summed E-state index contributed by atoms with van der Waals surface area (Å²) < 4.78 is 6.03. The fourth-order valence-electron chi connectivity index (χ4n) is 1.90. The maximum absolute atomic E-state index is 4.40. The average Bonchev–Trinajstić information content (AvgIpc) is 3.17. The molecule has 1 N–H and O–H groups in total. The van der Waals surface area contributed by atoms with Gasteiger partial charge in [-0.05, 0) is 19.1 Å². The van der Waals surface area contributed by atoms with E-state index in [1.807, 2.05) is 50.4 Å². The molecule has 1 unspecified atom stereocenters. The van der Waals surface area contributed by atoms with Gasteiger partial charge in [-0.1, -0.05) is 30.3 Å². The van der Waals surface area contributed by atoms with Crippen LogP contribution in [0.15, 0.2) is 36.5 Å². The molecule has 7 heteroatoms. The maximum Gasteiger partial charge on any atom is 0.203 e. The van der Waals surface area contributed by atoms with Crippen molar-refractivity contribution in [1.29, 1.82) is 0 Å². The molecule has 0 radical (unpaired) electrons. The number of hydrogen-bond donors (Lipinski definition) is 1. The lowest BCUT2D eigenvalue weighted by atomic mass is 10.2. The molecule has 2 heterocycles. The summed E-state index contributed by atoms with van der Waals surface area (Å²) in [5.41, 5.74) is 1.86. The van der Waals surface area contributed by atoms with Crippen molar-refractivity contribution in [2.24, 2.45) is 0 Å². The molecule has 0 aliphatic carbocycles. The van der Waals surface area contributed by atoms with Gasteiger partial charge in [-0.25, -0.2) is 9.67 Å². The molecule has 0 amide bonds. The Balaban J connectivity index is 1.73. The number of hydrogen-bond acceptors (Lipinski definition) is 6. The Kier molecular flexibility index (Phi) is 3.92. The topological polar surface area (TPSA) is 68.5 Å². The van der Waals surface area contributed by atoms with Crippen LogP contribution < -0.4 is 5.32 Å². The van der Waals surface area contributed by atoms with Gasteiger partial charge >= 0.3 is 0 Å². The summed E-state index contributed by atoms with van der Waals surface area (Å²) in [7, 11) is 0. The zero-order valence-corrected chi connectivity index (χ0v) is 12.7. The number of benzene rings is 1. The number of anilines is 1. The van der Waals surface area contributed by atoms with Crippen LogP contribution in [0, 0.1) is 0 Å². The van der Waals surface area contributed by atoms with E-state index >= 15 is 0 Å². The predicted octanol–water partition coefficient (Wildman–Crippen LogP) is 2.85. The third-order valence-electron chi connectivity index (χ3n) is 3.10. The summed E-state index contributed by atoms with van der Waals surface area (Å²) in [6, 6.07) is 9.95. The van der Waals surface area contributed by atoms with Crippen molar-refractivity contribution >= 4 is 16.7 Å². The number of rotatable bonds is 5. The zero-order chi connectivity index (χ0) is 14.7. The second-order valence-corrected chi connectivity index (χ2v) is 5.41. The molecule has 0 spiro atoms. The Morgan fingerprint density at radius 1 is 1.29 bits per heavy atom. The summed E-state index contributed by atoms with van der Waals surface area (Å²) in [6.45, 7) is 4.08. The van der Waals surface area contributed by atoms with Gasteiger partial charge in [0.1, 0.15) is 11.5 Å². The summed E-state index contributed by atoms with van der Waals surface area (Å²) in [5, 5.41) is 12.5. The van der Waals surface area contributed by atoms with Gasteiger partial charge in [0.25, 0.3) is 0 Å². The van der Waals surface area contributed by atoms with Crippen LogP contribution in [-0.2, 0) is 6.42 Å². The van der Waals surface area contributed by atoms with Crippen LogP contribution in [0.3, 0.4) is 0 Å². The molecular weight excluding hydrogens is 284 g/mol. The van der Waals surface area contributed by atoms with Gasteiger partial charge < -0.3 is 5.32 Å². The number of para-hydroxylation sites is 1. The molecule has 0 aliphatic heterocycles. The van der Waals surface area contributed by atoms with Crippen molar-refractivity contribution < 1.29 is 0 Å². The van der Waals surface area contributed by atoms with Crippen LogP contribution in [0.25, 0.3) is 5.69 Å². The normalized spacial score (nSPS) is 12.3. The minimum Gasteiger partial charge on any atom is -0.352 e. The van der Waals surface area contributed by atoms with E-state index in [2.05, 4.69) is 25.0 Å². The van der Waals surface area contributed by atoms with Gasteiger partial charge in [0.15, 0.2) is 0 Å². The fraction of sp³-hybridized carbons (Fsp3) is 0.286. The first-order valence-electron chi connectivity index (χ1n) is 6.83. The lowest BCUT2D eigenvalue weighted by Crippen LogP contribution is -2.06. The molecule has 1 aromatic carbocycles. The largest absolute Gasteiger partial charge is 0.352 e. The number of nitrogens with one attached hydrogen (secondary N) is 1. The summed E-state index contributed by atoms with van der Waals surface area (Å²) in [4.78, 5) is 4.40. The lowest BCUT2D eigenvalue weighted by Gasteiger charge is -2.08. The van der Waals surface area contributed by atoms with Crippen molar-refractivity contribution in [2.45, 2.75) is 26.3 Å². The Morgan fingerprint density at radius 3 is 2.81 bits per heavy atom. The Morgan fingerprint density at radius 2 is 2.10 bits per heavy atom. The van der Waals surface area contributed by atoms with E-state index in [-0.39, 0.29) is 6.04 Å². The number of nitrogens with zero attached hydrogens (tertiary/aromatic N) is 5. The third kappa shape index (κ3) is 3.08. The van der Waals surface area contributed by atoms with Crippen LogP contribution >= 0.6 is 11.5 Å². The molecule has 0 saturated heterocycles. The Hall–Kier alpha value is -2.28. The molecular formula is C14H16N6S. The molecule has 0 aliphatic rings. The summed E-state index contributed by atoms with van der Waals surface area (Å²) >= 11 is 1.37. The SMILES string of the molecule is CCc1nsc(NC(C)c2cn(-c3ccccc3)nn2)n1. The Labute approximate surface area is 127 Å². The van der Waals surface area contributed by atoms with E-state index in [1.54, 1.807) is 4.68 Å². The van der Waals surface area contributed by atoms with E-state index in [0.717, 1.165) is 28.8 Å². The molecule has 6 nitrogen and oxygen atoms in total. The first-order chi connectivity index (χ1) is 10.3. The highest BCUT2D eigenvalue weighted by atomic mass is 32.1. The van der Waals surface area contributed by atoms with E-state index in [1.165, 1.54) is 11.5 Å². The molecule has 2 aromatic heterocycles. The van der Waals surface area contributed by atoms with Gasteiger partial charge in [0, 0.05) is 18.0 Å². The van der Waals surface area contributed by atoms with Gasteiger partial charge in [0.2, 0.25) is 5.13 Å². The predicted molar refractivity (Wildman–Crippen MR) is 82.7 cm³/mol. The monoisotopic (exact) mass is 300 g/mol. The standard InChI is InChI=1S/C14H16N6S/c1-3-13-16-14(21-18-13)15-10(2)12-9-20(19-17-12)11-7-5-4-6-8-11/h4-10H,3H2,1-2H3,(H,15,16,18). The van der Waals surface area contributed by atoms with Crippen LogP contribution in [0.1, 0.15) is 31.4 Å². The third-order valence-corrected chi connectivity index (χ3v) is 3.78. The summed E-state index contributed by atoms with van der Waals surface area (Å²) in [5.74, 6) is 0.864. The second kappa shape index (κ2) is 6.01. The minimum atomic E-state index is 0.0279. The van der Waals surface area contributed by atoms with E-state index in [9.17, 15) is 0 Å². The van der Waals surface area contributed by atoms with Crippen LogP contribution in [0.2, 0.25) is 0 Å². The van der Waals surface area contributed by atoms with Gasteiger partial charge in [-0.15, -0.1) is 5.10 Å². The lowest BCUT2D eigenvalue weighted by molar-refractivity contribution is 0.780. The highest BCUT2D eigenvalue weighted by molar-refractivity contribution is 7.09. The fourth-order valence-corrected chi connectivity index (χ4v) is 2.63. The van der Waals surface area contributed by atoms with E-state index in [4.69, 9.17) is 0 Å². The van der Waals surface area contributed by atoms with Crippen molar-refractivity contribution in [3.05, 3.63) is 48.0 Å². The minimum absolute atomic E-state index is 0.0279. The highest BCUT2D eigenvalue weighted by Gasteiger charge is 2.13. The Bertz CT molecular complexity index is 705. The smallest absolute Gasteiger partial charge is 0.203 e. The van der Waals surface area contributed by atoms with Crippen molar-refractivity contribution in [3.63, 3.8) is 0 Å². The number of aryl methyl sites for hydroxylation is 1. The maximum atomic E-state index is 4.40. The highest BCUT2D eigenvalue weighted by Crippen LogP contribution is 2.19. The van der Waals surface area contributed by atoms with Crippen LogP contribution in [0.4, 0.5) is 5.13 Å². The molecule has 0 bridgehead atoms. The van der Waals surface area contributed by atoms with E-state index < -0.39 is 0 Å². The molecule has 108 valence electrons. The van der Waals surface area contributed by atoms with Crippen LogP contribution in [-0.4, -0.2) is 24.4 Å². The molecule has 3 aromatic rings. The van der Waals surface area contributed by atoms with Gasteiger partial charge in [-0.2, -0.15) is 4.37 Å². The van der Waals surface area contributed by atoms with Crippen molar-refractivity contribution in [2.75, 3.05) is 5.32 Å². The molecule has 1 atom stereocenters. The molecule has 0 fully saturated rings. The molecule has 0 saturated carbocycles. The second-order valence-electron chi connectivity index (χ2n) is 4.66. The van der Waals surface area contributed by atoms with E-state index in [0.29, 0.717) is 0 Å². The van der Waals surface area contributed by atoms with Gasteiger partial charge in [-0.3, -0.25) is 0 Å². The quantitative estimate of drug-likeness (QED) is 0.784. The summed E-state index contributed by atoms with van der Waals surface area (Å²) in [6.07, 6.45) is 2.77.